The minimum atomic E-state index is -0.926. The van der Waals surface area contributed by atoms with Crippen LogP contribution in [-0.4, -0.2) is 50.7 Å². The van der Waals surface area contributed by atoms with Crippen molar-refractivity contribution in [1.29, 1.82) is 0 Å². The SMILES string of the molecule is O=C(O)N(Cc1cscn1)CC(c1cccnc1)C1CCN(c2ccc3cc(Cl)ccc3n2)CC1. The van der Waals surface area contributed by atoms with Gasteiger partial charge in [-0.15, -0.1) is 11.3 Å². The predicted molar refractivity (Wildman–Crippen MR) is 139 cm³/mol. The number of carbonyl (C=O) groups is 1. The van der Waals surface area contributed by atoms with Gasteiger partial charge >= 0.3 is 6.09 Å². The molecular formula is C26H26ClN5O2S. The quantitative estimate of drug-likeness (QED) is 0.334. The van der Waals surface area contributed by atoms with Gasteiger partial charge in [0.05, 0.1) is 23.3 Å². The van der Waals surface area contributed by atoms with Crippen molar-refractivity contribution in [2.24, 2.45) is 5.92 Å². The Morgan fingerprint density at radius 1 is 1.23 bits per heavy atom. The van der Waals surface area contributed by atoms with Crippen LogP contribution in [0.15, 0.2) is 65.7 Å². The number of halogens is 1. The molecule has 0 bridgehead atoms. The highest BCUT2D eigenvalue weighted by atomic mass is 35.5. The summed E-state index contributed by atoms with van der Waals surface area (Å²) in [6.45, 7) is 2.44. The molecule has 0 saturated carbocycles. The van der Waals surface area contributed by atoms with E-state index in [1.807, 2.05) is 35.8 Å². The monoisotopic (exact) mass is 507 g/mol. The smallest absolute Gasteiger partial charge is 0.407 e. The molecule has 7 nitrogen and oxygen atoms in total. The molecule has 0 radical (unpaired) electrons. The Hall–Kier alpha value is -3.23. The summed E-state index contributed by atoms with van der Waals surface area (Å²) in [5, 5.41) is 13.6. The molecule has 1 fully saturated rings. The normalized spacial score (nSPS) is 15.3. The lowest BCUT2D eigenvalue weighted by Gasteiger charge is -2.38. The zero-order valence-corrected chi connectivity index (χ0v) is 20.7. The summed E-state index contributed by atoms with van der Waals surface area (Å²) in [4.78, 5) is 29.3. The summed E-state index contributed by atoms with van der Waals surface area (Å²) in [6.07, 6.45) is 4.60. The highest BCUT2D eigenvalue weighted by molar-refractivity contribution is 7.07. The first-order valence-electron chi connectivity index (χ1n) is 11.6. The van der Waals surface area contributed by atoms with E-state index >= 15 is 0 Å². The fraction of sp³-hybridized carbons (Fsp3) is 0.308. The van der Waals surface area contributed by atoms with Crippen molar-refractivity contribution < 1.29 is 9.90 Å². The Morgan fingerprint density at radius 2 is 2.09 bits per heavy atom. The van der Waals surface area contributed by atoms with Crippen molar-refractivity contribution in [2.75, 3.05) is 24.5 Å². The number of anilines is 1. The highest BCUT2D eigenvalue weighted by Gasteiger charge is 2.31. The van der Waals surface area contributed by atoms with E-state index in [1.165, 1.54) is 16.2 Å². The third kappa shape index (κ3) is 5.55. The van der Waals surface area contributed by atoms with Crippen LogP contribution in [-0.2, 0) is 6.54 Å². The molecule has 1 aliphatic heterocycles. The maximum Gasteiger partial charge on any atom is 0.407 e. The van der Waals surface area contributed by atoms with Gasteiger partial charge in [0.15, 0.2) is 0 Å². The number of nitrogens with zero attached hydrogens (tertiary/aromatic N) is 5. The van der Waals surface area contributed by atoms with Crippen LogP contribution in [0, 0.1) is 5.92 Å². The number of pyridine rings is 2. The molecule has 180 valence electrons. The third-order valence-corrected chi connectivity index (χ3v) is 7.58. The number of amides is 1. The van der Waals surface area contributed by atoms with Crippen LogP contribution in [0.2, 0.25) is 5.02 Å². The van der Waals surface area contributed by atoms with Gasteiger partial charge in [0.25, 0.3) is 0 Å². The lowest BCUT2D eigenvalue weighted by atomic mass is 9.80. The van der Waals surface area contributed by atoms with Crippen LogP contribution in [0.1, 0.15) is 30.0 Å². The Bertz CT molecular complexity index is 1280. The molecule has 1 unspecified atom stereocenters. The van der Waals surface area contributed by atoms with E-state index < -0.39 is 6.09 Å². The van der Waals surface area contributed by atoms with Crippen molar-refractivity contribution in [2.45, 2.75) is 25.3 Å². The number of aromatic nitrogens is 3. The molecule has 4 heterocycles. The van der Waals surface area contributed by atoms with Gasteiger partial charge in [-0.2, -0.15) is 0 Å². The van der Waals surface area contributed by atoms with Crippen LogP contribution in [0.3, 0.4) is 0 Å². The van der Waals surface area contributed by atoms with Crippen molar-refractivity contribution >= 4 is 45.8 Å². The van der Waals surface area contributed by atoms with Gasteiger partial charge in [-0.1, -0.05) is 17.7 Å². The van der Waals surface area contributed by atoms with E-state index in [-0.39, 0.29) is 5.92 Å². The van der Waals surface area contributed by atoms with E-state index in [2.05, 4.69) is 33.1 Å². The lowest BCUT2D eigenvalue weighted by molar-refractivity contribution is 0.131. The maximum atomic E-state index is 12.1. The van der Waals surface area contributed by atoms with Gasteiger partial charge in [0, 0.05) is 53.7 Å². The van der Waals surface area contributed by atoms with Crippen molar-refractivity contribution in [3.63, 3.8) is 0 Å². The number of hydrogen-bond acceptors (Lipinski definition) is 6. The molecule has 1 aliphatic rings. The number of fused-ring (bicyclic) bond motifs is 1. The summed E-state index contributed by atoms with van der Waals surface area (Å²) in [5.74, 6) is 1.37. The molecule has 4 aromatic rings. The fourth-order valence-corrected chi connectivity index (χ4v) is 5.60. The molecule has 1 atom stereocenters. The van der Waals surface area contributed by atoms with Crippen LogP contribution in [0.5, 0.6) is 0 Å². The Balaban J connectivity index is 1.32. The van der Waals surface area contributed by atoms with Gasteiger partial charge < -0.3 is 14.9 Å². The molecule has 9 heteroatoms. The minimum Gasteiger partial charge on any atom is -0.465 e. The van der Waals surface area contributed by atoms with Gasteiger partial charge in [0.1, 0.15) is 5.82 Å². The largest absolute Gasteiger partial charge is 0.465 e. The Morgan fingerprint density at radius 3 is 2.80 bits per heavy atom. The van der Waals surface area contributed by atoms with Crippen LogP contribution in [0.4, 0.5) is 10.6 Å². The number of benzene rings is 1. The lowest BCUT2D eigenvalue weighted by Crippen LogP contribution is -2.40. The zero-order chi connectivity index (χ0) is 24.2. The number of hydrogen-bond donors (Lipinski definition) is 1. The van der Waals surface area contributed by atoms with Crippen LogP contribution >= 0.6 is 22.9 Å². The van der Waals surface area contributed by atoms with Gasteiger partial charge in [-0.25, -0.2) is 14.8 Å². The first-order valence-corrected chi connectivity index (χ1v) is 12.9. The van der Waals surface area contributed by atoms with E-state index in [1.54, 1.807) is 11.7 Å². The Labute approximate surface area is 213 Å². The maximum absolute atomic E-state index is 12.1. The molecule has 3 aromatic heterocycles. The second kappa shape index (κ2) is 10.6. The number of carboxylic acid groups (broad SMARTS) is 1. The molecule has 0 spiro atoms. The second-order valence-electron chi connectivity index (χ2n) is 8.87. The zero-order valence-electron chi connectivity index (χ0n) is 19.1. The van der Waals surface area contributed by atoms with Crippen LogP contribution < -0.4 is 4.90 Å². The standard InChI is InChI=1S/C26H26ClN5O2S/c27-21-4-5-24-19(12-21)3-6-25(30-24)31-10-7-18(8-11-31)23(20-2-1-9-28-13-20)15-32(26(33)34)14-22-16-35-17-29-22/h1-6,9,12-13,16-18,23H,7-8,10-11,14-15H2,(H,33,34). The average molecular weight is 508 g/mol. The second-order valence-corrected chi connectivity index (χ2v) is 10.0. The summed E-state index contributed by atoms with van der Waals surface area (Å²) >= 11 is 7.59. The first kappa shape index (κ1) is 23.5. The van der Waals surface area contributed by atoms with Crippen molar-refractivity contribution in [3.8, 4) is 0 Å². The molecular weight excluding hydrogens is 482 g/mol. The summed E-state index contributed by atoms with van der Waals surface area (Å²) < 4.78 is 0. The molecule has 35 heavy (non-hydrogen) atoms. The van der Waals surface area contributed by atoms with E-state index in [0.717, 1.165) is 53.9 Å². The number of piperidine rings is 1. The molecule has 5 rings (SSSR count). The molecule has 1 aromatic carbocycles. The first-order chi connectivity index (χ1) is 17.1. The summed E-state index contributed by atoms with van der Waals surface area (Å²) in [5.41, 5.74) is 4.53. The molecule has 0 aliphatic carbocycles. The van der Waals surface area contributed by atoms with E-state index in [4.69, 9.17) is 16.6 Å². The van der Waals surface area contributed by atoms with E-state index in [0.29, 0.717) is 24.0 Å². The topological polar surface area (TPSA) is 82.4 Å². The average Bonchev–Trinajstić information content (AvgIpc) is 3.40. The summed E-state index contributed by atoms with van der Waals surface area (Å²) in [7, 11) is 0. The van der Waals surface area contributed by atoms with E-state index in [9.17, 15) is 9.90 Å². The van der Waals surface area contributed by atoms with Gasteiger partial charge in [-0.05, 0) is 60.7 Å². The van der Waals surface area contributed by atoms with Gasteiger partial charge in [0.2, 0.25) is 0 Å². The molecule has 1 amide bonds. The van der Waals surface area contributed by atoms with Crippen LogP contribution in [0.25, 0.3) is 10.9 Å². The van der Waals surface area contributed by atoms with Crippen molar-refractivity contribution in [3.05, 3.63) is 82.0 Å². The Kier molecular flexibility index (Phi) is 7.11. The van der Waals surface area contributed by atoms with Gasteiger partial charge in [-0.3, -0.25) is 4.98 Å². The predicted octanol–water partition coefficient (Wildman–Crippen LogP) is 5.92. The summed E-state index contributed by atoms with van der Waals surface area (Å²) in [6, 6.07) is 13.9. The molecule has 1 saturated heterocycles. The minimum absolute atomic E-state index is 0.0623. The number of rotatable bonds is 7. The van der Waals surface area contributed by atoms with Crippen molar-refractivity contribution in [1.82, 2.24) is 19.9 Å². The third-order valence-electron chi connectivity index (χ3n) is 6.71. The molecule has 1 N–H and O–H groups in total. The fourth-order valence-electron chi connectivity index (χ4n) is 4.87. The highest BCUT2D eigenvalue weighted by Crippen LogP contribution is 2.35. The number of thiazole rings is 1.